The van der Waals surface area contributed by atoms with Crippen molar-refractivity contribution in [1.82, 2.24) is 14.7 Å². The molecule has 0 radical (unpaired) electrons. The molecular formula is C27H36FN3O2. The number of rotatable bonds is 12. The van der Waals surface area contributed by atoms with E-state index in [0.717, 1.165) is 42.8 Å². The lowest BCUT2D eigenvalue weighted by Gasteiger charge is -2.27. The summed E-state index contributed by atoms with van der Waals surface area (Å²) < 4.78 is 22.4. The lowest BCUT2D eigenvalue weighted by Crippen LogP contribution is -2.35. The highest BCUT2D eigenvalue weighted by molar-refractivity contribution is 5.43. The Morgan fingerprint density at radius 2 is 1.76 bits per heavy atom. The first-order chi connectivity index (χ1) is 15.9. The molecule has 0 aliphatic carbocycles. The summed E-state index contributed by atoms with van der Waals surface area (Å²) in [4.78, 5) is 2.25. The molecule has 0 saturated carbocycles. The molecule has 0 aliphatic heterocycles. The molecule has 0 bridgehead atoms. The number of hydrogen-bond acceptors (Lipinski definition) is 4. The summed E-state index contributed by atoms with van der Waals surface area (Å²) in [5.41, 5.74) is 2.56. The molecule has 1 N–H and O–H groups in total. The fourth-order valence-corrected chi connectivity index (χ4v) is 3.97. The molecule has 0 fully saturated rings. The van der Waals surface area contributed by atoms with Crippen LogP contribution in [0.4, 0.5) is 4.39 Å². The smallest absolute Gasteiger partial charge is 0.227 e. The quantitative estimate of drug-likeness (QED) is 0.359. The number of aliphatic hydroxyl groups excluding tert-OH is 1. The van der Waals surface area contributed by atoms with Gasteiger partial charge in [-0.3, -0.25) is 4.90 Å². The molecule has 0 saturated heterocycles. The maximum absolute atomic E-state index is 14.5. The van der Waals surface area contributed by atoms with E-state index in [-0.39, 0.29) is 11.9 Å². The van der Waals surface area contributed by atoms with Gasteiger partial charge in [-0.1, -0.05) is 63.9 Å². The second-order valence-electron chi connectivity index (χ2n) is 9.03. The molecule has 178 valence electrons. The lowest BCUT2D eigenvalue weighted by atomic mass is 10.1. The van der Waals surface area contributed by atoms with Gasteiger partial charge in [0.2, 0.25) is 5.88 Å². The van der Waals surface area contributed by atoms with Crippen LogP contribution in [0.5, 0.6) is 11.6 Å². The van der Waals surface area contributed by atoms with Crippen LogP contribution in [0.3, 0.4) is 0 Å². The van der Waals surface area contributed by atoms with Crippen molar-refractivity contribution in [3.05, 3.63) is 71.7 Å². The van der Waals surface area contributed by atoms with Gasteiger partial charge < -0.3 is 9.84 Å². The molecule has 0 unspecified atom stereocenters. The summed E-state index contributed by atoms with van der Waals surface area (Å²) in [6.45, 7) is 10.4. The van der Waals surface area contributed by atoms with Crippen LogP contribution in [0.1, 0.15) is 51.3 Å². The highest BCUT2D eigenvalue weighted by Crippen LogP contribution is 2.33. The van der Waals surface area contributed by atoms with Gasteiger partial charge in [-0.15, -0.1) is 0 Å². The van der Waals surface area contributed by atoms with E-state index in [1.807, 2.05) is 37.3 Å². The van der Waals surface area contributed by atoms with E-state index in [9.17, 15) is 9.50 Å². The normalized spacial score (nSPS) is 12.5. The Bertz CT molecular complexity index is 1000. The molecule has 0 amide bonds. The number of benzene rings is 2. The largest absolute Gasteiger partial charge is 0.435 e. The minimum absolute atomic E-state index is 0.161. The summed E-state index contributed by atoms with van der Waals surface area (Å²) in [5.74, 6) is 0.676. The Balaban J connectivity index is 1.98. The second kappa shape index (κ2) is 12.0. The third-order valence-corrected chi connectivity index (χ3v) is 5.55. The zero-order valence-electron chi connectivity index (χ0n) is 20.2. The number of aryl methyl sites for hydroxylation is 1. The van der Waals surface area contributed by atoms with Crippen LogP contribution in [-0.2, 0) is 6.54 Å². The Kier molecular flexibility index (Phi) is 9.03. The van der Waals surface area contributed by atoms with Crippen molar-refractivity contribution >= 4 is 0 Å². The first-order valence-corrected chi connectivity index (χ1v) is 11.9. The molecule has 3 rings (SSSR count). The van der Waals surface area contributed by atoms with E-state index in [0.29, 0.717) is 24.9 Å². The number of para-hydroxylation sites is 2. The van der Waals surface area contributed by atoms with Crippen molar-refractivity contribution in [2.75, 3.05) is 13.1 Å². The van der Waals surface area contributed by atoms with Crippen LogP contribution in [-0.4, -0.2) is 39.0 Å². The van der Waals surface area contributed by atoms with Crippen molar-refractivity contribution in [3.63, 3.8) is 0 Å². The fourth-order valence-electron chi connectivity index (χ4n) is 3.97. The van der Waals surface area contributed by atoms with E-state index in [4.69, 9.17) is 9.84 Å². The number of aliphatic hydroxyl groups is 1. The zero-order chi connectivity index (χ0) is 23.8. The predicted molar refractivity (Wildman–Crippen MR) is 130 cm³/mol. The first kappa shape index (κ1) is 24.9. The molecule has 1 aromatic heterocycles. The average Bonchev–Trinajstić information content (AvgIpc) is 3.09. The molecule has 5 nitrogen and oxygen atoms in total. The molecule has 1 heterocycles. The van der Waals surface area contributed by atoms with Crippen LogP contribution >= 0.6 is 0 Å². The van der Waals surface area contributed by atoms with Crippen LogP contribution in [0, 0.1) is 18.7 Å². The lowest BCUT2D eigenvalue weighted by molar-refractivity contribution is 0.0927. The van der Waals surface area contributed by atoms with Crippen molar-refractivity contribution in [1.29, 1.82) is 0 Å². The Hall–Kier alpha value is -2.70. The minimum atomic E-state index is -0.420. The third-order valence-electron chi connectivity index (χ3n) is 5.55. The molecule has 2 aromatic carbocycles. The topological polar surface area (TPSA) is 50.5 Å². The van der Waals surface area contributed by atoms with Gasteiger partial charge in [0, 0.05) is 19.6 Å². The average molecular weight is 454 g/mol. The van der Waals surface area contributed by atoms with Gasteiger partial charge in [-0.2, -0.15) is 5.10 Å². The molecule has 33 heavy (non-hydrogen) atoms. The fraction of sp³-hybridized carbons (Fsp3) is 0.444. The van der Waals surface area contributed by atoms with Gasteiger partial charge in [0.25, 0.3) is 0 Å². The van der Waals surface area contributed by atoms with Crippen LogP contribution in [0.25, 0.3) is 5.69 Å². The zero-order valence-corrected chi connectivity index (χ0v) is 20.2. The standard InChI is InChI=1S/C27H36FN3O2/c1-5-6-14-23(32)18-30(17-20(2)3)19-24-21(4)29-31(22-12-8-7-9-13-22)27(24)33-26-16-11-10-15-25(26)28/h7-13,15-16,20,23,32H,5-6,14,17-19H2,1-4H3/t23-/m0/s1. The van der Waals surface area contributed by atoms with E-state index in [2.05, 4.69) is 25.7 Å². The first-order valence-electron chi connectivity index (χ1n) is 11.9. The number of aromatic nitrogens is 2. The van der Waals surface area contributed by atoms with Crippen molar-refractivity contribution < 1.29 is 14.2 Å². The highest BCUT2D eigenvalue weighted by atomic mass is 19.1. The van der Waals surface area contributed by atoms with Gasteiger partial charge in [0.1, 0.15) is 0 Å². The van der Waals surface area contributed by atoms with Crippen molar-refractivity contribution in [2.24, 2.45) is 5.92 Å². The molecule has 6 heteroatoms. The van der Waals surface area contributed by atoms with Crippen molar-refractivity contribution in [3.8, 4) is 17.3 Å². The number of nitrogens with zero attached hydrogens (tertiary/aromatic N) is 3. The van der Waals surface area contributed by atoms with Gasteiger partial charge >= 0.3 is 0 Å². The van der Waals surface area contributed by atoms with Crippen molar-refractivity contribution in [2.45, 2.75) is 59.6 Å². The van der Waals surface area contributed by atoms with Crippen LogP contribution in [0.2, 0.25) is 0 Å². The third kappa shape index (κ3) is 6.89. The minimum Gasteiger partial charge on any atom is -0.435 e. The molecule has 3 aromatic rings. The maximum atomic E-state index is 14.5. The Labute approximate surface area is 196 Å². The second-order valence-corrected chi connectivity index (χ2v) is 9.03. The van der Waals surface area contributed by atoms with Gasteiger partial charge in [-0.05, 0) is 43.5 Å². The number of hydrogen-bond donors (Lipinski definition) is 1. The highest BCUT2D eigenvalue weighted by Gasteiger charge is 2.23. The monoisotopic (exact) mass is 453 g/mol. The predicted octanol–water partition coefficient (Wildman–Crippen LogP) is 6.12. The maximum Gasteiger partial charge on any atom is 0.227 e. The molecule has 1 atom stereocenters. The van der Waals surface area contributed by atoms with E-state index >= 15 is 0 Å². The summed E-state index contributed by atoms with van der Waals surface area (Å²) >= 11 is 0. The summed E-state index contributed by atoms with van der Waals surface area (Å²) in [7, 11) is 0. The van der Waals surface area contributed by atoms with Crippen LogP contribution < -0.4 is 4.74 Å². The molecule has 0 spiro atoms. The Morgan fingerprint density at radius 3 is 2.42 bits per heavy atom. The SMILES string of the molecule is CCCC[C@H](O)CN(Cc1c(C)nn(-c2ccccc2)c1Oc1ccccc1F)CC(C)C. The molecule has 0 aliphatic rings. The van der Waals surface area contributed by atoms with Gasteiger partial charge in [0.05, 0.1) is 23.0 Å². The van der Waals surface area contributed by atoms with Crippen LogP contribution in [0.15, 0.2) is 54.6 Å². The Morgan fingerprint density at radius 1 is 1.06 bits per heavy atom. The van der Waals surface area contributed by atoms with E-state index in [1.165, 1.54) is 6.07 Å². The van der Waals surface area contributed by atoms with E-state index in [1.54, 1.807) is 22.9 Å². The number of halogens is 1. The van der Waals surface area contributed by atoms with E-state index < -0.39 is 5.82 Å². The number of ether oxygens (including phenoxy) is 1. The summed E-state index contributed by atoms with van der Waals surface area (Å²) in [5, 5.41) is 15.3. The summed E-state index contributed by atoms with van der Waals surface area (Å²) in [6.07, 6.45) is 2.46. The molecular weight excluding hydrogens is 417 g/mol. The number of unbranched alkanes of at least 4 members (excludes halogenated alkanes) is 1. The summed E-state index contributed by atoms with van der Waals surface area (Å²) in [6, 6.07) is 16.1. The van der Waals surface area contributed by atoms with Gasteiger partial charge in [0.15, 0.2) is 11.6 Å². The van der Waals surface area contributed by atoms with Gasteiger partial charge in [-0.25, -0.2) is 9.07 Å².